The molecule has 3 nitrogen and oxygen atoms in total. The average molecular weight is 204 g/mol. The standard InChI is InChI=1S/C12H16N2O/c1-3-6-12(14-13)10-7-5-8-11(9-10)15-4-2/h1,5,7-9,12,14H,4,6,13H2,2H3. The van der Waals surface area contributed by atoms with E-state index in [0.29, 0.717) is 13.0 Å². The zero-order chi connectivity index (χ0) is 11.1. The van der Waals surface area contributed by atoms with Gasteiger partial charge in [-0.2, -0.15) is 0 Å². The number of terminal acetylenes is 1. The Hall–Kier alpha value is -1.50. The maximum atomic E-state index is 5.43. The van der Waals surface area contributed by atoms with Crippen LogP contribution in [0.1, 0.15) is 24.9 Å². The molecule has 0 aromatic heterocycles. The molecule has 0 amide bonds. The van der Waals surface area contributed by atoms with Gasteiger partial charge in [0.05, 0.1) is 12.6 Å². The van der Waals surface area contributed by atoms with Gasteiger partial charge in [0.2, 0.25) is 0 Å². The molecule has 0 saturated heterocycles. The Kier molecular flexibility index (Phi) is 4.69. The Labute approximate surface area is 90.6 Å². The highest BCUT2D eigenvalue weighted by atomic mass is 16.5. The van der Waals surface area contributed by atoms with Gasteiger partial charge in [0, 0.05) is 6.42 Å². The van der Waals surface area contributed by atoms with Gasteiger partial charge in [-0.15, -0.1) is 12.3 Å². The topological polar surface area (TPSA) is 47.3 Å². The second kappa shape index (κ2) is 6.07. The molecular weight excluding hydrogens is 188 g/mol. The van der Waals surface area contributed by atoms with Crippen LogP contribution in [0.2, 0.25) is 0 Å². The highest BCUT2D eigenvalue weighted by Gasteiger charge is 2.08. The molecule has 0 aliphatic rings. The quantitative estimate of drug-likeness (QED) is 0.435. The Balaban J connectivity index is 2.83. The summed E-state index contributed by atoms with van der Waals surface area (Å²) in [5.74, 6) is 8.85. The van der Waals surface area contributed by atoms with Gasteiger partial charge in [-0.1, -0.05) is 12.1 Å². The summed E-state index contributed by atoms with van der Waals surface area (Å²) in [6.07, 6.45) is 5.82. The lowest BCUT2D eigenvalue weighted by atomic mass is 10.0. The van der Waals surface area contributed by atoms with Crippen LogP contribution in [0.25, 0.3) is 0 Å². The van der Waals surface area contributed by atoms with Crippen molar-refractivity contribution in [3.8, 4) is 18.1 Å². The molecule has 1 rings (SSSR count). The second-order valence-electron chi connectivity index (χ2n) is 3.13. The summed E-state index contributed by atoms with van der Waals surface area (Å²) >= 11 is 0. The van der Waals surface area contributed by atoms with Crippen molar-refractivity contribution in [1.82, 2.24) is 5.43 Å². The van der Waals surface area contributed by atoms with E-state index in [9.17, 15) is 0 Å². The van der Waals surface area contributed by atoms with Gasteiger partial charge in [0.15, 0.2) is 0 Å². The minimum Gasteiger partial charge on any atom is -0.494 e. The van der Waals surface area contributed by atoms with Crippen molar-refractivity contribution in [2.75, 3.05) is 6.61 Å². The molecule has 0 aliphatic carbocycles. The van der Waals surface area contributed by atoms with Gasteiger partial charge < -0.3 is 4.74 Å². The van der Waals surface area contributed by atoms with Gasteiger partial charge >= 0.3 is 0 Å². The Morgan fingerprint density at radius 3 is 3.00 bits per heavy atom. The normalized spacial score (nSPS) is 11.8. The fourth-order valence-corrected chi connectivity index (χ4v) is 1.38. The molecular formula is C12H16N2O. The van der Waals surface area contributed by atoms with E-state index in [4.69, 9.17) is 17.0 Å². The SMILES string of the molecule is C#CCC(NN)c1cccc(OCC)c1. The molecule has 3 heteroatoms. The van der Waals surface area contributed by atoms with Crippen LogP contribution in [0.5, 0.6) is 5.75 Å². The van der Waals surface area contributed by atoms with Crippen LogP contribution < -0.4 is 16.0 Å². The minimum absolute atomic E-state index is 0.0181. The molecule has 1 atom stereocenters. The van der Waals surface area contributed by atoms with Gasteiger partial charge in [0.25, 0.3) is 0 Å². The number of nitrogens with one attached hydrogen (secondary N) is 1. The number of hydrazine groups is 1. The number of nitrogens with two attached hydrogens (primary N) is 1. The summed E-state index contributed by atoms with van der Waals surface area (Å²) in [6, 6.07) is 7.75. The molecule has 1 unspecified atom stereocenters. The molecule has 1 aromatic carbocycles. The van der Waals surface area contributed by atoms with Crippen LogP contribution in [0.3, 0.4) is 0 Å². The number of ether oxygens (including phenoxy) is 1. The summed E-state index contributed by atoms with van der Waals surface area (Å²) in [5.41, 5.74) is 3.73. The summed E-state index contributed by atoms with van der Waals surface area (Å²) < 4.78 is 5.40. The smallest absolute Gasteiger partial charge is 0.119 e. The zero-order valence-corrected chi connectivity index (χ0v) is 8.86. The third-order valence-corrected chi connectivity index (χ3v) is 2.09. The summed E-state index contributed by atoms with van der Waals surface area (Å²) in [7, 11) is 0. The van der Waals surface area contributed by atoms with Crippen molar-refractivity contribution < 1.29 is 4.74 Å². The fraction of sp³-hybridized carbons (Fsp3) is 0.333. The van der Waals surface area contributed by atoms with E-state index in [0.717, 1.165) is 11.3 Å². The molecule has 0 heterocycles. The minimum atomic E-state index is -0.0181. The lowest BCUT2D eigenvalue weighted by molar-refractivity contribution is 0.339. The Morgan fingerprint density at radius 1 is 1.60 bits per heavy atom. The summed E-state index contributed by atoms with van der Waals surface area (Å²) in [6.45, 7) is 2.60. The first-order valence-electron chi connectivity index (χ1n) is 4.94. The van der Waals surface area contributed by atoms with Crippen LogP contribution in [0.4, 0.5) is 0 Å². The maximum absolute atomic E-state index is 5.43. The van der Waals surface area contributed by atoms with Crippen LogP contribution >= 0.6 is 0 Å². The average Bonchev–Trinajstić information content (AvgIpc) is 2.27. The highest BCUT2D eigenvalue weighted by molar-refractivity contribution is 5.31. The first-order chi connectivity index (χ1) is 7.31. The Morgan fingerprint density at radius 2 is 2.40 bits per heavy atom. The maximum Gasteiger partial charge on any atom is 0.119 e. The molecule has 0 bridgehead atoms. The third-order valence-electron chi connectivity index (χ3n) is 2.09. The fourth-order valence-electron chi connectivity index (χ4n) is 1.38. The lowest BCUT2D eigenvalue weighted by Gasteiger charge is -2.14. The van der Waals surface area contributed by atoms with Crippen LogP contribution in [0, 0.1) is 12.3 Å². The number of benzene rings is 1. The van der Waals surface area contributed by atoms with Gasteiger partial charge in [0.1, 0.15) is 5.75 Å². The summed E-state index contributed by atoms with van der Waals surface area (Å²) in [4.78, 5) is 0. The van der Waals surface area contributed by atoms with Gasteiger partial charge in [-0.3, -0.25) is 11.3 Å². The number of hydrogen-bond donors (Lipinski definition) is 2. The van der Waals surface area contributed by atoms with E-state index in [1.807, 2.05) is 31.2 Å². The van der Waals surface area contributed by atoms with Crippen molar-refractivity contribution in [3.05, 3.63) is 29.8 Å². The molecule has 0 saturated carbocycles. The van der Waals surface area contributed by atoms with Crippen molar-refractivity contribution >= 4 is 0 Å². The van der Waals surface area contributed by atoms with Crippen molar-refractivity contribution in [2.24, 2.45) is 5.84 Å². The first kappa shape index (κ1) is 11.6. The predicted octanol–water partition coefficient (Wildman–Crippen LogP) is 1.61. The van der Waals surface area contributed by atoms with Gasteiger partial charge in [-0.05, 0) is 24.6 Å². The van der Waals surface area contributed by atoms with Crippen molar-refractivity contribution in [2.45, 2.75) is 19.4 Å². The largest absolute Gasteiger partial charge is 0.494 e. The molecule has 15 heavy (non-hydrogen) atoms. The van der Waals surface area contributed by atoms with Gasteiger partial charge in [-0.25, -0.2) is 0 Å². The van der Waals surface area contributed by atoms with E-state index in [1.165, 1.54) is 0 Å². The molecule has 0 radical (unpaired) electrons. The number of hydrogen-bond acceptors (Lipinski definition) is 3. The van der Waals surface area contributed by atoms with Crippen LogP contribution in [-0.4, -0.2) is 6.61 Å². The zero-order valence-electron chi connectivity index (χ0n) is 8.86. The molecule has 0 fully saturated rings. The third kappa shape index (κ3) is 3.28. The predicted molar refractivity (Wildman–Crippen MR) is 61.1 cm³/mol. The van der Waals surface area contributed by atoms with E-state index in [-0.39, 0.29) is 6.04 Å². The van der Waals surface area contributed by atoms with E-state index in [2.05, 4.69) is 11.3 Å². The van der Waals surface area contributed by atoms with Crippen molar-refractivity contribution in [1.29, 1.82) is 0 Å². The van der Waals surface area contributed by atoms with Crippen molar-refractivity contribution in [3.63, 3.8) is 0 Å². The second-order valence-corrected chi connectivity index (χ2v) is 3.13. The molecule has 0 aliphatic heterocycles. The Bertz CT molecular complexity index is 344. The molecule has 1 aromatic rings. The van der Waals surface area contributed by atoms with Crippen LogP contribution in [0.15, 0.2) is 24.3 Å². The highest BCUT2D eigenvalue weighted by Crippen LogP contribution is 2.20. The first-order valence-corrected chi connectivity index (χ1v) is 4.94. The van der Waals surface area contributed by atoms with E-state index in [1.54, 1.807) is 0 Å². The molecule has 80 valence electrons. The van der Waals surface area contributed by atoms with E-state index < -0.39 is 0 Å². The van der Waals surface area contributed by atoms with Crippen LogP contribution in [-0.2, 0) is 0 Å². The lowest BCUT2D eigenvalue weighted by Crippen LogP contribution is -2.27. The summed E-state index contributed by atoms with van der Waals surface area (Å²) in [5, 5.41) is 0. The molecule has 3 N–H and O–H groups in total. The number of rotatable bonds is 5. The van der Waals surface area contributed by atoms with E-state index >= 15 is 0 Å². The molecule has 0 spiro atoms. The monoisotopic (exact) mass is 204 g/mol.